The standard InChI is InChI=1S/C8H10BrNO8/c9-3(7(14)15)1-6(13)17-18-8(16)4(10)2-5(11)12/h3-4H,1-2,10H2,(H,11,12)(H,14,15)/t3-,4-/m0/s1. The van der Waals surface area contributed by atoms with E-state index < -0.39 is 47.6 Å². The lowest BCUT2D eigenvalue weighted by atomic mass is 10.2. The third-order valence-electron chi connectivity index (χ3n) is 1.53. The number of aliphatic carboxylic acids is 2. The molecule has 0 heterocycles. The quantitative estimate of drug-likeness (QED) is 0.317. The molecule has 0 aromatic rings. The molecular formula is C8H10BrNO8. The summed E-state index contributed by atoms with van der Waals surface area (Å²) < 4.78 is 0. The minimum absolute atomic E-state index is 0.573. The third kappa shape index (κ3) is 6.81. The average Bonchev–Trinajstić information content (AvgIpc) is 2.24. The molecule has 10 heteroatoms. The van der Waals surface area contributed by atoms with Crippen molar-refractivity contribution >= 4 is 39.8 Å². The molecule has 0 spiro atoms. The zero-order valence-electron chi connectivity index (χ0n) is 8.87. The second-order valence-corrected chi connectivity index (χ2v) is 4.18. The summed E-state index contributed by atoms with van der Waals surface area (Å²) in [6.07, 6.45) is -1.26. The highest BCUT2D eigenvalue weighted by molar-refractivity contribution is 9.10. The predicted molar refractivity (Wildman–Crippen MR) is 57.4 cm³/mol. The zero-order chi connectivity index (χ0) is 14.3. The first kappa shape index (κ1) is 16.3. The van der Waals surface area contributed by atoms with Gasteiger partial charge in [-0.2, -0.15) is 0 Å². The van der Waals surface area contributed by atoms with E-state index in [-0.39, 0.29) is 0 Å². The molecule has 0 saturated heterocycles. The van der Waals surface area contributed by atoms with Crippen LogP contribution in [0.2, 0.25) is 0 Å². The lowest BCUT2D eigenvalue weighted by Gasteiger charge is -2.08. The average molecular weight is 328 g/mol. The topological polar surface area (TPSA) is 153 Å². The Bertz CT molecular complexity index is 357. The van der Waals surface area contributed by atoms with Crippen molar-refractivity contribution in [3.8, 4) is 0 Å². The minimum Gasteiger partial charge on any atom is -0.481 e. The summed E-state index contributed by atoms with van der Waals surface area (Å²) >= 11 is 2.67. The number of carbonyl (C=O) groups excluding carboxylic acids is 2. The van der Waals surface area contributed by atoms with Gasteiger partial charge in [0.25, 0.3) is 0 Å². The Morgan fingerprint density at radius 1 is 1.11 bits per heavy atom. The van der Waals surface area contributed by atoms with Crippen LogP contribution in [0.3, 0.4) is 0 Å². The highest BCUT2D eigenvalue weighted by Crippen LogP contribution is 2.06. The van der Waals surface area contributed by atoms with Crippen LogP contribution in [0.15, 0.2) is 0 Å². The van der Waals surface area contributed by atoms with Gasteiger partial charge in [0, 0.05) is 0 Å². The van der Waals surface area contributed by atoms with Crippen LogP contribution in [0, 0.1) is 0 Å². The summed E-state index contributed by atoms with van der Waals surface area (Å²) in [6.45, 7) is 0. The molecule has 2 atom stereocenters. The van der Waals surface area contributed by atoms with Gasteiger partial charge >= 0.3 is 23.9 Å². The summed E-state index contributed by atoms with van der Waals surface area (Å²) in [6, 6.07) is -1.48. The first-order valence-corrected chi connectivity index (χ1v) is 5.41. The van der Waals surface area contributed by atoms with E-state index in [0.717, 1.165) is 0 Å². The third-order valence-corrected chi connectivity index (χ3v) is 2.24. The van der Waals surface area contributed by atoms with Crippen LogP contribution < -0.4 is 5.73 Å². The van der Waals surface area contributed by atoms with Crippen LogP contribution in [0.25, 0.3) is 0 Å². The summed E-state index contributed by atoms with van der Waals surface area (Å²) in [5, 5.41) is 16.8. The van der Waals surface area contributed by atoms with E-state index in [9.17, 15) is 19.2 Å². The Hall–Kier alpha value is -1.68. The summed E-state index contributed by atoms with van der Waals surface area (Å²) in [4.78, 5) is 49.2. The Morgan fingerprint density at radius 2 is 1.67 bits per heavy atom. The molecule has 0 saturated carbocycles. The Kier molecular flexibility index (Phi) is 6.90. The number of carboxylic acid groups (broad SMARTS) is 2. The molecule has 0 bridgehead atoms. The molecule has 0 aliphatic rings. The summed E-state index contributed by atoms with van der Waals surface area (Å²) in [5.74, 6) is -4.97. The number of alkyl halides is 1. The van der Waals surface area contributed by atoms with Gasteiger partial charge in [-0.05, 0) is 0 Å². The number of carboxylic acids is 2. The Balaban J connectivity index is 4.02. The molecular weight excluding hydrogens is 318 g/mol. The molecule has 18 heavy (non-hydrogen) atoms. The van der Waals surface area contributed by atoms with Crippen LogP contribution in [0.1, 0.15) is 12.8 Å². The van der Waals surface area contributed by atoms with E-state index in [1.807, 2.05) is 0 Å². The van der Waals surface area contributed by atoms with Crippen LogP contribution >= 0.6 is 15.9 Å². The maximum atomic E-state index is 11.0. The van der Waals surface area contributed by atoms with E-state index in [0.29, 0.717) is 0 Å². The number of halogens is 1. The molecule has 0 radical (unpaired) electrons. The maximum Gasteiger partial charge on any atom is 0.372 e. The number of carbonyl (C=O) groups is 4. The van der Waals surface area contributed by atoms with Gasteiger partial charge in [0.1, 0.15) is 10.9 Å². The molecule has 0 aromatic heterocycles. The number of hydrogen-bond donors (Lipinski definition) is 3. The van der Waals surface area contributed by atoms with Crippen molar-refractivity contribution < 1.29 is 39.2 Å². The molecule has 0 aliphatic carbocycles. The smallest absolute Gasteiger partial charge is 0.372 e. The molecule has 0 fully saturated rings. The SMILES string of the molecule is N[C@@H](CC(=O)O)C(=O)OOC(=O)C[C@H](Br)C(=O)O. The molecule has 4 N–H and O–H groups in total. The molecule has 0 unspecified atom stereocenters. The van der Waals surface area contributed by atoms with Gasteiger partial charge in [0.2, 0.25) is 0 Å². The first-order chi connectivity index (χ1) is 8.23. The van der Waals surface area contributed by atoms with Gasteiger partial charge in [-0.1, -0.05) is 15.9 Å². The lowest BCUT2D eigenvalue weighted by molar-refractivity contribution is -0.260. The highest BCUT2D eigenvalue weighted by Gasteiger charge is 2.23. The van der Waals surface area contributed by atoms with E-state index in [4.69, 9.17) is 15.9 Å². The fourth-order valence-electron chi connectivity index (χ4n) is 0.688. The van der Waals surface area contributed by atoms with Gasteiger partial charge in [-0.15, -0.1) is 0 Å². The van der Waals surface area contributed by atoms with E-state index in [1.54, 1.807) is 0 Å². The van der Waals surface area contributed by atoms with E-state index in [2.05, 4.69) is 25.7 Å². The largest absolute Gasteiger partial charge is 0.481 e. The van der Waals surface area contributed by atoms with Gasteiger partial charge < -0.3 is 15.9 Å². The number of rotatable bonds is 6. The summed E-state index contributed by atoms with van der Waals surface area (Å²) in [7, 11) is 0. The maximum absolute atomic E-state index is 11.0. The van der Waals surface area contributed by atoms with Crippen LogP contribution in [-0.2, 0) is 29.0 Å². The molecule has 0 aromatic carbocycles. The molecule has 0 amide bonds. The Morgan fingerprint density at radius 3 is 2.11 bits per heavy atom. The van der Waals surface area contributed by atoms with Crippen molar-refractivity contribution in [3.05, 3.63) is 0 Å². The Labute approximate surface area is 109 Å². The fraction of sp³-hybridized carbons (Fsp3) is 0.500. The number of nitrogens with two attached hydrogens (primary N) is 1. The number of hydrogen-bond acceptors (Lipinski definition) is 7. The normalized spacial score (nSPS) is 13.2. The van der Waals surface area contributed by atoms with Gasteiger partial charge in [0.15, 0.2) is 0 Å². The van der Waals surface area contributed by atoms with Crippen LogP contribution in [-0.4, -0.2) is 45.0 Å². The van der Waals surface area contributed by atoms with Crippen molar-refractivity contribution in [3.63, 3.8) is 0 Å². The van der Waals surface area contributed by atoms with Crippen molar-refractivity contribution in [1.82, 2.24) is 0 Å². The van der Waals surface area contributed by atoms with Crippen LogP contribution in [0.4, 0.5) is 0 Å². The first-order valence-electron chi connectivity index (χ1n) is 4.49. The van der Waals surface area contributed by atoms with Crippen LogP contribution in [0.5, 0.6) is 0 Å². The monoisotopic (exact) mass is 327 g/mol. The zero-order valence-corrected chi connectivity index (χ0v) is 10.5. The van der Waals surface area contributed by atoms with Crippen molar-refractivity contribution in [2.75, 3.05) is 0 Å². The molecule has 0 aliphatic heterocycles. The molecule has 0 rings (SSSR count). The fourth-order valence-corrected chi connectivity index (χ4v) is 0.953. The summed E-state index contributed by atoms with van der Waals surface area (Å²) in [5.41, 5.74) is 5.10. The predicted octanol–water partition coefficient (Wildman–Crippen LogP) is -0.972. The van der Waals surface area contributed by atoms with Gasteiger partial charge in [-0.3, -0.25) is 9.59 Å². The van der Waals surface area contributed by atoms with E-state index in [1.165, 1.54) is 0 Å². The molecule has 9 nitrogen and oxygen atoms in total. The molecule has 102 valence electrons. The van der Waals surface area contributed by atoms with Gasteiger partial charge in [0.05, 0.1) is 12.8 Å². The van der Waals surface area contributed by atoms with Gasteiger partial charge in [-0.25, -0.2) is 19.4 Å². The highest BCUT2D eigenvalue weighted by atomic mass is 79.9. The minimum atomic E-state index is -1.48. The van der Waals surface area contributed by atoms with Crippen molar-refractivity contribution in [2.45, 2.75) is 23.7 Å². The second-order valence-electron chi connectivity index (χ2n) is 3.07. The van der Waals surface area contributed by atoms with E-state index >= 15 is 0 Å². The van der Waals surface area contributed by atoms with Crippen molar-refractivity contribution in [1.29, 1.82) is 0 Å². The second kappa shape index (κ2) is 7.61. The lowest BCUT2D eigenvalue weighted by Crippen LogP contribution is -2.35. The van der Waals surface area contributed by atoms with Crippen molar-refractivity contribution in [2.24, 2.45) is 5.73 Å².